The van der Waals surface area contributed by atoms with E-state index in [9.17, 15) is 9.18 Å². The number of pyridine rings is 1. The topological polar surface area (TPSA) is 42.4 Å². The zero-order valence-electron chi connectivity index (χ0n) is 9.74. The number of carbonyl (C=O) groups is 1. The van der Waals surface area contributed by atoms with Crippen LogP contribution in [0.5, 0.6) is 0 Å². The normalized spacial score (nSPS) is 10.1. The highest BCUT2D eigenvalue weighted by atomic mass is 35.5. The Balaban J connectivity index is 2.52. The minimum Gasteiger partial charge on any atom is -0.469 e. The second kappa shape index (κ2) is 6.39. The minimum absolute atomic E-state index is 0.222. The molecule has 0 aliphatic rings. The van der Waals surface area contributed by atoms with Crippen molar-refractivity contribution in [3.63, 3.8) is 0 Å². The van der Waals surface area contributed by atoms with E-state index in [1.165, 1.54) is 19.4 Å². The SMILES string of the molecule is COC(=O)CCCN(C)c1ncc(Cl)cc1F. The number of esters is 1. The number of rotatable bonds is 5. The van der Waals surface area contributed by atoms with Gasteiger partial charge in [-0.05, 0) is 12.5 Å². The summed E-state index contributed by atoms with van der Waals surface area (Å²) in [4.78, 5) is 16.4. The summed E-state index contributed by atoms with van der Waals surface area (Å²) in [5, 5.41) is 0.259. The van der Waals surface area contributed by atoms with Crippen LogP contribution in [0.3, 0.4) is 0 Å². The van der Waals surface area contributed by atoms with Gasteiger partial charge >= 0.3 is 5.97 Å². The Labute approximate surface area is 104 Å². The molecule has 1 aromatic rings. The van der Waals surface area contributed by atoms with Gasteiger partial charge < -0.3 is 9.64 Å². The fraction of sp³-hybridized carbons (Fsp3) is 0.455. The molecule has 0 amide bonds. The highest BCUT2D eigenvalue weighted by molar-refractivity contribution is 6.30. The maximum atomic E-state index is 13.5. The molecule has 0 radical (unpaired) electrons. The molecule has 0 unspecified atom stereocenters. The molecule has 0 fully saturated rings. The van der Waals surface area contributed by atoms with Crippen LogP contribution in [-0.4, -0.2) is 31.7 Å². The number of hydrogen-bond acceptors (Lipinski definition) is 4. The first kappa shape index (κ1) is 13.7. The van der Waals surface area contributed by atoms with Crippen molar-refractivity contribution in [2.45, 2.75) is 12.8 Å². The number of halogens is 2. The third-order valence-corrected chi connectivity index (χ3v) is 2.46. The van der Waals surface area contributed by atoms with Gasteiger partial charge in [-0.1, -0.05) is 11.6 Å². The van der Waals surface area contributed by atoms with Crippen LogP contribution in [0.25, 0.3) is 0 Å². The number of carbonyl (C=O) groups excluding carboxylic acids is 1. The van der Waals surface area contributed by atoms with Crippen LogP contribution in [0.1, 0.15) is 12.8 Å². The molecule has 1 aromatic heterocycles. The van der Waals surface area contributed by atoms with Crippen molar-refractivity contribution in [1.29, 1.82) is 0 Å². The van der Waals surface area contributed by atoms with Crippen molar-refractivity contribution in [3.8, 4) is 0 Å². The quantitative estimate of drug-likeness (QED) is 0.762. The molecule has 0 aliphatic carbocycles. The number of nitrogens with zero attached hydrogens (tertiary/aromatic N) is 2. The third kappa shape index (κ3) is 4.19. The lowest BCUT2D eigenvalue weighted by Gasteiger charge is -2.18. The van der Waals surface area contributed by atoms with E-state index in [4.69, 9.17) is 11.6 Å². The molecule has 1 rings (SSSR count). The van der Waals surface area contributed by atoms with E-state index in [0.29, 0.717) is 19.4 Å². The number of methoxy groups -OCH3 is 1. The lowest BCUT2D eigenvalue weighted by Crippen LogP contribution is -2.21. The Kier molecular flexibility index (Phi) is 5.15. The van der Waals surface area contributed by atoms with Crippen molar-refractivity contribution in [2.24, 2.45) is 0 Å². The summed E-state index contributed by atoms with van der Waals surface area (Å²) in [7, 11) is 3.04. The second-order valence-corrected chi connectivity index (χ2v) is 4.00. The zero-order valence-corrected chi connectivity index (χ0v) is 10.5. The number of anilines is 1. The molecule has 4 nitrogen and oxygen atoms in total. The van der Waals surface area contributed by atoms with Gasteiger partial charge in [0.05, 0.1) is 12.1 Å². The average Bonchev–Trinajstić information content (AvgIpc) is 2.28. The van der Waals surface area contributed by atoms with Gasteiger partial charge in [-0.2, -0.15) is 0 Å². The molecule has 17 heavy (non-hydrogen) atoms. The molecule has 0 aliphatic heterocycles. The highest BCUT2D eigenvalue weighted by Crippen LogP contribution is 2.18. The van der Waals surface area contributed by atoms with Gasteiger partial charge in [-0.15, -0.1) is 0 Å². The first-order valence-corrected chi connectivity index (χ1v) is 5.51. The van der Waals surface area contributed by atoms with Crippen molar-refractivity contribution in [1.82, 2.24) is 4.98 Å². The smallest absolute Gasteiger partial charge is 0.305 e. The van der Waals surface area contributed by atoms with Crippen molar-refractivity contribution in [2.75, 3.05) is 25.6 Å². The molecule has 0 N–H and O–H groups in total. The lowest BCUT2D eigenvalue weighted by molar-refractivity contribution is -0.140. The average molecular weight is 261 g/mol. The van der Waals surface area contributed by atoms with E-state index in [-0.39, 0.29) is 16.8 Å². The van der Waals surface area contributed by atoms with Crippen LogP contribution in [-0.2, 0) is 9.53 Å². The molecule has 0 saturated carbocycles. The second-order valence-electron chi connectivity index (χ2n) is 3.56. The van der Waals surface area contributed by atoms with Gasteiger partial charge in [-0.3, -0.25) is 4.79 Å². The van der Waals surface area contributed by atoms with Crippen molar-refractivity contribution in [3.05, 3.63) is 23.1 Å². The minimum atomic E-state index is -0.474. The third-order valence-electron chi connectivity index (χ3n) is 2.25. The molecular weight excluding hydrogens is 247 g/mol. The van der Waals surface area contributed by atoms with Gasteiger partial charge in [0, 0.05) is 26.2 Å². The van der Waals surface area contributed by atoms with Crippen LogP contribution in [0.15, 0.2) is 12.3 Å². The fourth-order valence-corrected chi connectivity index (χ4v) is 1.50. The molecule has 6 heteroatoms. The Morgan fingerprint density at radius 3 is 2.94 bits per heavy atom. The number of ether oxygens (including phenoxy) is 1. The van der Waals surface area contributed by atoms with E-state index in [0.717, 1.165) is 0 Å². The van der Waals surface area contributed by atoms with Gasteiger partial charge in [0.1, 0.15) is 0 Å². The van der Waals surface area contributed by atoms with E-state index in [1.54, 1.807) is 11.9 Å². The van der Waals surface area contributed by atoms with Crippen LogP contribution in [0.2, 0.25) is 5.02 Å². The molecule has 0 saturated heterocycles. The summed E-state index contributed by atoms with van der Waals surface area (Å²) in [5.74, 6) is -0.528. The van der Waals surface area contributed by atoms with Gasteiger partial charge in [0.25, 0.3) is 0 Å². The first-order valence-electron chi connectivity index (χ1n) is 5.13. The Bertz CT molecular complexity index is 401. The summed E-state index contributed by atoms with van der Waals surface area (Å²) in [6.07, 6.45) is 2.26. The monoisotopic (exact) mass is 260 g/mol. The maximum Gasteiger partial charge on any atom is 0.305 e. The molecule has 0 spiro atoms. The van der Waals surface area contributed by atoms with E-state index >= 15 is 0 Å². The van der Waals surface area contributed by atoms with E-state index in [2.05, 4.69) is 9.72 Å². The van der Waals surface area contributed by atoms with Crippen LogP contribution >= 0.6 is 11.6 Å². The molecule has 1 heterocycles. The van der Waals surface area contributed by atoms with Crippen LogP contribution in [0.4, 0.5) is 10.2 Å². The summed E-state index contributed by atoms with van der Waals surface area (Å²) in [6.45, 7) is 0.515. The van der Waals surface area contributed by atoms with E-state index in [1.807, 2.05) is 0 Å². The van der Waals surface area contributed by atoms with Gasteiger partial charge in [0.2, 0.25) is 0 Å². The molecular formula is C11H14ClFN2O2. The highest BCUT2D eigenvalue weighted by Gasteiger charge is 2.10. The standard InChI is InChI=1S/C11H14ClFN2O2/c1-15(5-3-4-10(16)17-2)11-9(13)6-8(12)7-14-11/h6-7H,3-5H2,1-2H3. The molecule has 94 valence electrons. The summed E-state index contributed by atoms with van der Waals surface area (Å²) < 4.78 is 18.0. The summed E-state index contributed by atoms with van der Waals surface area (Å²) >= 11 is 5.60. The Morgan fingerprint density at radius 1 is 1.65 bits per heavy atom. The number of aromatic nitrogens is 1. The van der Waals surface area contributed by atoms with Gasteiger partial charge in [0.15, 0.2) is 11.6 Å². The lowest BCUT2D eigenvalue weighted by atomic mass is 10.3. The number of hydrogen-bond donors (Lipinski definition) is 0. The zero-order chi connectivity index (χ0) is 12.8. The van der Waals surface area contributed by atoms with Crippen LogP contribution < -0.4 is 4.90 Å². The first-order chi connectivity index (χ1) is 8.04. The maximum absolute atomic E-state index is 13.5. The predicted molar refractivity (Wildman–Crippen MR) is 63.7 cm³/mol. The summed E-state index contributed by atoms with van der Waals surface area (Å²) in [5.41, 5.74) is 0. The molecule has 0 aromatic carbocycles. The molecule has 0 atom stereocenters. The van der Waals surface area contributed by atoms with Gasteiger partial charge in [-0.25, -0.2) is 9.37 Å². The fourth-order valence-electron chi connectivity index (χ4n) is 1.36. The van der Waals surface area contributed by atoms with Crippen molar-refractivity contribution >= 4 is 23.4 Å². The Hall–Kier alpha value is -1.36. The Morgan fingerprint density at radius 2 is 2.35 bits per heavy atom. The van der Waals surface area contributed by atoms with E-state index < -0.39 is 5.82 Å². The molecule has 0 bridgehead atoms. The van der Waals surface area contributed by atoms with Crippen molar-refractivity contribution < 1.29 is 13.9 Å². The largest absolute Gasteiger partial charge is 0.469 e. The van der Waals surface area contributed by atoms with Crippen LogP contribution in [0, 0.1) is 5.82 Å². The summed E-state index contributed by atoms with van der Waals surface area (Å²) in [6, 6.07) is 1.21. The predicted octanol–water partition coefficient (Wildman–Crippen LogP) is 2.26.